The van der Waals surface area contributed by atoms with E-state index in [4.69, 9.17) is 4.74 Å². The fourth-order valence-electron chi connectivity index (χ4n) is 2.88. The first-order chi connectivity index (χ1) is 10.2. The number of benzene rings is 1. The summed E-state index contributed by atoms with van der Waals surface area (Å²) in [6.45, 7) is 1.35. The molecule has 2 aromatic rings. The van der Waals surface area contributed by atoms with E-state index in [-0.39, 0.29) is 5.92 Å². The molecular weight excluding hydrogens is 268 g/mol. The Morgan fingerprint density at radius 3 is 3.05 bits per heavy atom. The number of carbonyl (C=O) groups is 1. The zero-order valence-electron chi connectivity index (χ0n) is 12.0. The Kier molecular flexibility index (Phi) is 3.64. The number of aliphatic carboxylic acids is 1. The number of ether oxygens (including phenoxy) is 1. The zero-order valence-corrected chi connectivity index (χ0v) is 12.0. The molecule has 0 bridgehead atoms. The van der Waals surface area contributed by atoms with Crippen molar-refractivity contribution in [1.29, 1.82) is 0 Å². The van der Waals surface area contributed by atoms with Gasteiger partial charge in [-0.1, -0.05) is 6.07 Å². The second kappa shape index (κ2) is 5.60. The third-order valence-corrected chi connectivity index (χ3v) is 4.02. The van der Waals surface area contributed by atoms with Crippen LogP contribution in [0.15, 0.2) is 30.5 Å². The molecule has 1 aliphatic rings. The van der Waals surface area contributed by atoms with Gasteiger partial charge in [-0.15, -0.1) is 0 Å². The van der Waals surface area contributed by atoms with E-state index in [2.05, 4.69) is 9.88 Å². The van der Waals surface area contributed by atoms with Crippen LogP contribution in [0.1, 0.15) is 12.8 Å². The number of hydrogen-bond donors (Lipinski definition) is 1. The highest BCUT2D eigenvalue weighted by Gasteiger charge is 2.26. The molecule has 5 heteroatoms. The van der Waals surface area contributed by atoms with Gasteiger partial charge in [-0.2, -0.15) is 0 Å². The van der Waals surface area contributed by atoms with Crippen LogP contribution in [0.25, 0.3) is 10.8 Å². The maximum Gasteiger partial charge on any atom is 0.308 e. The third-order valence-electron chi connectivity index (χ3n) is 4.02. The Balaban J connectivity index is 2.01. The van der Waals surface area contributed by atoms with Gasteiger partial charge in [-0.3, -0.25) is 4.79 Å². The molecule has 1 atom stereocenters. The molecule has 0 radical (unpaired) electrons. The van der Waals surface area contributed by atoms with Gasteiger partial charge in [-0.05, 0) is 36.4 Å². The topological polar surface area (TPSA) is 62.7 Å². The van der Waals surface area contributed by atoms with Gasteiger partial charge in [0, 0.05) is 24.7 Å². The first-order valence-corrected chi connectivity index (χ1v) is 7.09. The first-order valence-electron chi connectivity index (χ1n) is 7.09. The second-order valence-electron chi connectivity index (χ2n) is 5.35. The van der Waals surface area contributed by atoms with Crippen molar-refractivity contribution in [1.82, 2.24) is 4.98 Å². The van der Waals surface area contributed by atoms with E-state index in [9.17, 15) is 9.90 Å². The van der Waals surface area contributed by atoms with Crippen molar-refractivity contribution in [3.63, 3.8) is 0 Å². The largest absolute Gasteiger partial charge is 0.497 e. The number of piperidine rings is 1. The number of rotatable bonds is 3. The molecule has 1 aromatic heterocycles. The van der Waals surface area contributed by atoms with Crippen LogP contribution in [-0.4, -0.2) is 36.3 Å². The Morgan fingerprint density at radius 1 is 1.43 bits per heavy atom. The van der Waals surface area contributed by atoms with Crippen molar-refractivity contribution >= 4 is 22.6 Å². The van der Waals surface area contributed by atoms with Crippen molar-refractivity contribution in [2.45, 2.75) is 12.8 Å². The minimum Gasteiger partial charge on any atom is -0.497 e. The molecule has 0 spiro atoms. The molecule has 2 heterocycles. The molecule has 0 saturated carbocycles. The summed E-state index contributed by atoms with van der Waals surface area (Å²) < 4.78 is 5.28. The summed E-state index contributed by atoms with van der Waals surface area (Å²) in [5.74, 6) is 0.583. The standard InChI is InChI=1S/C16H18N2O3/c1-21-13-5-4-11-6-7-17-15(14(11)9-13)18-8-2-3-12(10-18)16(19)20/h4-7,9,12H,2-3,8,10H2,1H3,(H,19,20). The number of carboxylic acid groups (broad SMARTS) is 1. The molecule has 0 aliphatic carbocycles. The van der Waals surface area contributed by atoms with Crippen LogP contribution in [0.2, 0.25) is 0 Å². The van der Waals surface area contributed by atoms with Crippen LogP contribution >= 0.6 is 0 Å². The summed E-state index contributed by atoms with van der Waals surface area (Å²) in [5.41, 5.74) is 0. The normalized spacial score (nSPS) is 18.7. The minimum absolute atomic E-state index is 0.318. The summed E-state index contributed by atoms with van der Waals surface area (Å²) in [4.78, 5) is 17.8. The van der Waals surface area contributed by atoms with E-state index in [1.54, 1.807) is 13.3 Å². The molecule has 1 aliphatic heterocycles. The molecule has 1 N–H and O–H groups in total. The number of pyridine rings is 1. The number of carboxylic acids is 1. The maximum atomic E-state index is 11.2. The van der Waals surface area contributed by atoms with E-state index in [0.717, 1.165) is 41.7 Å². The summed E-state index contributed by atoms with van der Waals surface area (Å²) >= 11 is 0. The van der Waals surface area contributed by atoms with Crippen molar-refractivity contribution in [2.75, 3.05) is 25.1 Å². The quantitative estimate of drug-likeness (QED) is 0.939. The van der Waals surface area contributed by atoms with Crippen molar-refractivity contribution in [3.8, 4) is 5.75 Å². The number of anilines is 1. The first kappa shape index (κ1) is 13.7. The molecule has 1 fully saturated rings. The van der Waals surface area contributed by atoms with Crippen molar-refractivity contribution < 1.29 is 14.6 Å². The van der Waals surface area contributed by atoms with Crippen LogP contribution in [0, 0.1) is 5.92 Å². The van der Waals surface area contributed by atoms with Gasteiger partial charge in [0.15, 0.2) is 0 Å². The van der Waals surface area contributed by atoms with Crippen molar-refractivity contribution in [2.24, 2.45) is 5.92 Å². The molecule has 110 valence electrons. The van der Waals surface area contributed by atoms with E-state index >= 15 is 0 Å². The van der Waals surface area contributed by atoms with E-state index in [0.29, 0.717) is 6.54 Å². The summed E-state index contributed by atoms with van der Waals surface area (Å²) in [5, 5.41) is 11.3. The highest BCUT2D eigenvalue weighted by molar-refractivity contribution is 5.93. The Labute approximate surface area is 123 Å². The average molecular weight is 286 g/mol. The zero-order chi connectivity index (χ0) is 14.8. The van der Waals surface area contributed by atoms with Crippen LogP contribution in [0.5, 0.6) is 5.75 Å². The lowest BCUT2D eigenvalue weighted by atomic mass is 9.98. The molecule has 0 amide bonds. The predicted molar refractivity (Wildman–Crippen MR) is 80.9 cm³/mol. The molecular formula is C16H18N2O3. The van der Waals surface area contributed by atoms with Gasteiger partial charge >= 0.3 is 5.97 Å². The number of methoxy groups -OCH3 is 1. The third kappa shape index (κ3) is 2.63. The minimum atomic E-state index is -0.725. The van der Waals surface area contributed by atoms with Gasteiger partial charge in [0.25, 0.3) is 0 Å². The number of nitrogens with zero attached hydrogens (tertiary/aromatic N) is 2. The molecule has 5 nitrogen and oxygen atoms in total. The highest BCUT2D eigenvalue weighted by Crippen LogP contribution is 2.30. The second-order valence-corrected chi connectivity index (χ2v) is 5.35. The number of fused-ring (bicyclic) bond motifs is 1. The lowest BCUT2D eigenvalue weighted by Crippen LogP contribution is -2.39. The van der Waals surface area contributed by atoms with Gasteiger partial charge in [0.05, 0.1) is 13.0 Å². The maximum absolute atomic E-state index is 11.2. The van der Waals surface area contributed by atoms with Gasteiger partial charge in [0.2, 0.25) is 0 Å². The van der Waals surface area contributed by atoms with E-state index in [1.165, 1.54) is 0 Å². The summed E-state index contributed by atoms with van der Waals surface area (Å²) in [6.07, 6.45) is 3.38. The number of aromatic nitrogens is 1. The summed E-state index contributed by atoms with van der Waals surface area (Å²) in [6, 6.07) is 7.83. The number of hydrogen-bond acceptors (Lipinski definition) is 4. The van der Waals surface area contributed by atoms with E-state index < -0.39 is 5.97 Å². The Bertz CT molecular complexity index is 672. The lowest BCUT2D eigenvalue weighted by Gasteiger charge is -2.32. The highest BCUT2D eigenvalue weighted by atomic mass is 16.5. The molecule has 1 saturated heterocycles. The van der Waals surface area contributed by atoms with Gasteiger partial charge in [0.1, 0.15) is 11.6 Å². The molecule has 21 heavy (non-hydrogen) atoms. The van der Waals surface area contributed by atoms with Crippen LogP contribution in [0.3, 0.4) is 0 Å². The SMILES string of the molecule is COc1ccc2ccnc(N3CCCC(C(=O)O)C3)c2c1. The van der Waals surface area contributed by atoms with Gasteiger partial charge < -0.3 is 14.7 Å². The molecule has 3 rings (SSSR count). The Morgan fingerprint density at radius 2 is 2.29 bits per heavy atom. The van der Waals surface area contributed by atoms with Crippen molar-refractivity contribution in [3.05, 3.63) is 30.5 Å². The molecule has 1 aromatic carbocycles. The van der Waals surface area contributed by atoms with Gasteiger partial charge in [-0.25, -0.2) is 4.98 Å². The predicted octanol–water partition coefficient (Wildman–Crippen LogP) is 2.54. The van der Waals surface area contributed by atoms with Crippen LogP contribution < -0.4 is 9.64 Å². The van der Waals surface area contributed by atoms with Crippen LogP contribution in [0.4, 0.5) is 5.82 Å². The lowest BCUT2D eigenvalue weighted by molar-refractivity contribution is -0.141. The summed E-state index contributed by atoms with van der Waals surface area (Å²) in [7, 11) is 1.64. The smallest absolute Gasteiger partial charge is 0.308 e. The monoisotopic (exact) mass is 286 g/mol. The fraction of sp³-hybridized carbons (Fsp3) is 0.375. The van der Waals surface area contributed by atoms with Crippen LogP contribution in [-0.2, 0) is 4.79 Å². The Hall–Kier alpha value is -2.30. The van der Waals surface area contributed by atoms with E-state index in [1.807, 2.05) is 24.3 Å². The fourth-order valence-corrected chi connectivity index (χ4v) is 2.88. The average Bonchev–Trinajstić information content (AvgIpc) is 2.53. The molecule has 1 unspecified atom stereocenters.